The Morgan fingerprint density at radius 3 is 2.11 bits per heavy atom. The third kappa shape index (κ3) is 5.15. The van der Waals surface area contributed by atoms with E-state index in [1.54, 1.807) is 0 Å². The standard InChI is InChI=1S/C19H22BrFN2O3S/c1-4-13-10-15(20)11-14(5-2)19(13)22-18(24)12-23(3)27(25,26)17-8-6-16(21)7-9-17/h6-11H,4-5,12H2,1-3H3,(H,22,24). The molecule has 0 bridgehead atoms. The average molecular weight is 457 g/mol. The number of aryl methyl sites for hydroxylation is 2. The highest BCUT2D eigenvalue weighted by molar-refractivity contribution is 9.10. The molecule has 0 radical (unpaired) electrons. The van der Waals surface area contributed by atoms with Crippen molar-refractivity contribution < 1.29 is 17.6 Å². The van der Waals surface area contributed by atoms with Gasteiger partial charge >= 0.3 is 0 Å². The largest absolute Gasteiger partial charge is 0.324 e. The van der Waals surface area contributed by atoms with E-state index in [-0.39, 0.29) is 11.4 Å². The number of benzene rings is 2. The van der Waals surface area contributed by atoms with E-state index in [0.29, 0.717) is 0 Å². The fourth-order valence-electron chi connectivity index (χ4n) is 2.70. The molecule has 0 aromatic heterocycles. The first-order valence-electron chi connectivity index (χ1n) is 8.52. The quantitative estimate of drug-likeness (QED) is 0.685. The summed E-state index contributed by atoms with van der Waals surface area (Å²) in [6.45, 7) is 3.63. The van der Waals surface area contributed by atoms with Crippen molar-refractivity contribution in [1.29, 1.82) is 0 Å². The minimum Gasteiger partial charge on any atom is -0.324 e. The van der Waals surface area contributed by atoms with E-state index in [0.717, 1.165) is 50.6 Å². The van der Waals surface area contributed by atoms with Crippen LogP contribution in [0, 0.1) is 5.82 Å². The molecule has 2 aromatic rings. The fourth-order valence-corrected chi connectivity index (χ4v) is 4.38. The molecule has 0 unspecified atom stereocenters. The Hall–Kier alpha value is -1.77. The molecule has 0 saturated carbocycles. The molecule has 2 rings (SSSR count). The second kappa shape index (κ2) is 8.95. The van der Waals surface area contributed by atoms with Gasteiger partial charge < -0.3 is 5.32 Å². The number of hydrogen-bond donors (Lipinski definition) is 1. The summed E-state index contributed by atoms with van der Waals surface area (Å²) in [5, 5.41) is 2.85. The van der Waals surface area contributed by atoms with E-state index in [4.69, 9.17) is 0 Å². The summed E-state index contributed by atoms with van der Waals surface area (Å²) >= 11 is 3.47. The van der Waals surface area contributed by atoms with Crippen molar-refractivity contribution in [3.8, 4) is 0 Å². The van der Waals surface area contributed by atoms with E-state index in [1.807, 2.05) is 26.0 Å². The lowest BCUT2D eigenvalue weighted by Gasteiger charge is -2.19. The molecule has 0 aliphatic rings. The fraction of sp³-hybridized carbons (Fsp3) is 0.316. The number of likely N-dealkylation sites (N-methyl/N-ethyl adjacent to an activating group) is 1. The Labute approximate surface area is 167 Å². The van der Waals surface area contributed by atoms with E-state index in [1.165, 1.54) is 19.2 Å². The minimum absolute atomic E-state index is 0.0636. The summed E-state index contributed by atoms with van der Waals surface area (Å²) in [5.41, 5.74) is 2.66. The van der Waals surface area contributed by atoms with Crippen molar-refractivity contribution in [2.75, 3.05) is 18.9 Å². The van der Waals surface area contributed by atoms with E-state index in [9.17, 15) is 17.6 Å². The van der Waals surface area contributed by atoms with Crippen LogP contribution in [-0.2, 0) is 27.7 Å². The molecule has 1 N–H and O–H groups in total. The van der Waals surface area contributed by atoms with Gasteiger partial charge in [0.2, 0.25) is 15.9 Å². The second-order valence-electron chi connectivity index (χ2n) is 6.07. The van der Waals surface area contributed by atoms with Crippen LogP contribution in [0.15, 0.2) is 45.8 Å². The molecule has 0 spiro atoms. The third-order valence-corrected chi connectivity index (χ3v) is 6.46. The highest BCUT2D eigenvalue weighted by atomic mass is 79.9. The van der Waals surface area contributed by atoms with Crippen molar-refractivity contribution in [3.63, 3.8) is 0 Å². The molecule has 0 heterocycles. The van der Waals surface area contributed by atoms with Gasteiger partial charge in [-0.2, -0.15) is 4.31 Å². The van der Waals surface area contributed by atoms with Crippen molar-refractivity contribution in [1.82, 2.24) is 4.31 Å². The highest BCUT2D eigenvalue weighted by Crippen LogP contribution is 2.27. The number of halogens is 2. The number of sulfonamides is 1. The first-order valence-corrected chi connectivity index (χ1v) is 10.7. The van der Waals surface area contributed by atoms with Crippen LogP contribution in [0.2, 0.25) is 0 Å². The van der Waals surface area contributed by atoms with Gasteiger partial charge in [-0.15, -0.1) is 0 Å². The summed E-state index contributed by atoms with van der Waals surface area (Å²) in [7, 11) is -2.56. The van der Waals surface area contributed by atoms with Gasteiger partial charge in [0.1, 0.15) is 5.82 Å². The number of rotatable bonds is 7. The van der Waals surface area contributed by atoms with Gasteiger partial charge in [-0.1, -0.05) is 29.8 Å². The van der Waals surface area contributed by atoms with Crippen LogP contribution in [0.4, 0.5) is 10.1 Å². The first kappa shape index (κ1) is 21.5. The molecule has 8 heteroatoms. The number of nitrogens with one attached hydrogen (secondary N) is 1. The normalized spacial score (nSPS) is 11.6. The van der Waals surface area contributed by atoms with Crippen molar-refractivity contribution in [3.05, 3.63) is 57.8 Å². The Balaban J connectivity index is 2.19. The van der Waals surface area contributed by atoms with Crippen molar-refractivity contribution in [2.24, 2.45) is 0 Å². The van der Waals surface area contributed by atoms with E-state index in [2.05, 4.69) is 21.2 Å². The molecule has 0 atom stereocenters. The molecule has 0 aliphatic carbocycles. The van der Waals surface area contributed by atoms with Gasteiger partial charge in [-0.25, -0.2) is 12.8 Å². The van der Waals surface area contributed by atoms with Crippen LogP contribution in [0.25, 0.3) is 0 Å². The molecule has 2 aromatic carbocycles. The lowest BCUT2D eigenvalue weighted by atomic mass is 10.0. The number of anilines is 1. The van der Waals surface area contributed by atoms with Crippen LogP contribution >= 0.6 is 15.9 Å². The van der Waals surface area contributed by atoms with E-state index < -0.39 is 21.7 Å². The Morgan fingerprint density at radius 1 is 1.11 bits per heavy atom. The maximum atomic E-state index is 13.0. The van der Waals surface area contributed by atoms with Gasteiger partial charge in [-0.3, -0.25) is 4.79 Å². The van der Waals surface area contributed by atoms with E-state index >= 15 is 0 Å². The molecule has 27 heavy (non-hydrogen) atoms. The molecule has 5 nitrogen and oxygen atoms in total. The predicted octanol–water partition coefficient (Wildman–Crippen LogP) is 3.97. The molecule has 0 aliphatic heterocycles. The first-order chi connectivity index (χ1) is 12.7. The van der Waals surface area contributed by atoms with Gasteiger partial charge in [0.15, 0.2) is 0 Å². The smallest absolute Gasteiger partial charge is 0.243 e. The molecule has 0 fully saturated rings. The van der Waals surface area contributed by atoms with Crippen LogP contribution in [-0.4, -0.2) is 32.2 Å². The summed E-state index contributed by atoms with van der Waals surface area (Å²) in [4.78, 5) is 12.4. The van der Waals surface area contributed by atoms with Crippen LogP contribution < -0.4 is 5.32 Å². The maximum absolute atomic E-state index is 13.0. The topological polar surface area (TPSA) is 66.5 Å². The summed E-state index contributed by atoms with van der Waals surface area (Å²) in [5.74, 6) is -0.960. The molecule has 1 amide bonds. The summed E-state index contributed by atoms with van der Waals surface area (Å²) < 4.78 is 40.0. The monoisotopic (exact) mass is 456 g/mol. The highest BCUT2D eigenvalue weighted by Gasteiger charge is 2.23. The van der Waals surface area contributed by atoms with Crippen LogP contribution in [0.1, 0.15) is 25.0 Å². The maximum Gasteiger partial charge on any atom is 0.243 e. The predicted molar refractivity (Wildman–Crippen MR) is 108 cm³/mol. The van der Waals surface area contributed by atoms with Gasteiger partial charge in [0, 0.05) is 17.2 Å². The Bertz CT molecular complexity index is 905. The van der Waals surface area contributed by atoms with Crippen LogP contribution in [0.5, 0.6) is 0 Å². The Kier molecular flexibility index (Phi) is 7.13. The summed E-state index contributed by atoms with van der Waals surface area (Å²) in [6.07, 6.45) is 1.46. The number of carbonyl (C=O) groups is 1. The van der Waals surface area contributed by atoms with Crippen LogP contribution in [0.3, 0.4) is 0 Å². The SMILES string of the molecule is CCc1cc(Br)cc(CC)c1NC(=O)CN(C)S(=O)(=O)c1ccc(F)cc1. The lowest BCUT2D eigenvalue weighted by Crippen LogP contribution is -2.35. The molecular formula is C19H22BrFN2O3S. The number of amides is 1. The summed E-state index contributed by atoms with van der Waals surface area (Å²) in [6, 6.07) is 8.38. The average Bonchev–Trinajstić information content (AvgIpc) is 2.62. The van der Waals surface area contributed by atoms with Crippen molar-refractivity contribution >= 4 is 37.5 Å². The number of nitrogens with zero attached hydrogens (tertiary/aromatic N) is 1. The zero-order valence-electron chi connectivity index (χ0n) is 15.4. The van der Waals surface area contributed by atoms with Crippen molar-refractivity contribution in [2.45, 2.75) is 31.6 Å². The third-order valence-electron chi connectivity index (χ3n) is 4.18. The number of hydrogen-bond acceptors (Lipinski definition) is 3. The second-order valence-corrected chi connectivity index (χ2v) is 9.03. The van der Waals surface area contributed by atoms with Gasteiger partial charge in [-0.05, 0) is 60.4 Å². The zero-order chi connectivity index (χ0) is 20.2. The van der Waals surface area contributed by atoms with Gasteiger partial charge in [0.25, 0.3) is 0 Å². The van der Waals surface area contributed by atoms with Gasteiger partial charge in [0.05, 0.1) is 11.4 Å². The molecule has 146 valence electrons. The zero-order valence-corrected chi connectivity index (χ0v) is 17.8. The molecule has 0 saturated heterocycles. The number of carbonyl (C=O) groups excluding carboxylic acids is 1. The molecular weight excluding hydrogens is 435 g/mol. The Morgan fingerprint density at radius 2 is 1.63 bits per heavy atom. The minimum atomic E-state index is -3.88. The lowest BCUT2D eigenvalue weighted by molar-refractivity contribution is -0.116.